The monoisotopic (exact) mass is 428 g/mol. The van der Waals surface area contributed by atoms with Crippen molar-refractivity contribution in [3.63, 3.8) is 0 Å². The molecule has 5 unspecified atom stereocenters. The summed E-state index contributed by atoms with van der Waals surface area (Å²) in [6.45, 7) is 4.87. The SMILES string of the molecule is CCC(C)C(NC(=O)C(CS)NC(=O)C1CCCN1)C(=O)N1CCCC1C(=O)O. The second kappa shape index (κ2) is 10.8. The molecule has 0 aliphatic carbocycles. The number of carboxylic acids is 1. The average molecular weight is 429 g/mol. The lowest BCUT2D eigenvalue weighted by Crippen LogP contribution is -2.59. The molecule has 2 fully saturated rings. The summed E-state index contributed by atoms with van der Waals surface area (Å²) in [7, 11) is 0. The summed E-state index contributed by atoms with van der Waals surface area (Å²) in [5, 5.41) is 17.9. The van der Waals surface area contributed by atoms with Gasteiger partial charge in [-0.15, -0.1) is 0 Å². The van der Waals surface area contributed by atoms with Crippen LogP contribution >= 0.6 is 12.6 Å². The van der Waals surface area contributed by atoms with Crippen molar-refractivity contribution in [3.05, 3.63) is 0 Å². The lowest BCUT2D eigenvalue weighted by atomic mass is 9.97. The number of thiol groups is 1. The van der Waals surface area contributed by atoms with Gasteiger partial charge in [0.05, 0.1) is 6.04 Å². The van der Waals surface area contributed by atoms with Gasteiger partial charge >= 0.3 is 5.97 Å². The normalized spacial score (nSPS) is 24.6. The number of aliphatic carboxylic acids is 1. The van der Waals surface area contributed by atoms with E-state index in [0.29, 0.717) is 32.2 Å². The van der Waals surface area contributed by atoms with E-state index >= 15 is 0 Å². The molecule has 0 aromatic carbocycles. The number of carbonyl (C=O) groups excluding carboxylic acids is 3. The van der Waals surface area contributed by atoms with E-state index in [0.717, 1.165) is 13.0 Å². The molecule has 9 nitrogen and oxygen atoms in total. The largest absolute Gasteiger partial charge is 0.480 e. The maximum atomic E-state index is 13.1. The van der Waals surface area contributed by atoms with Crippen molar-refractivity contribution in [2.24, 2.45) is 5.92 Å². The van der Waals surface area contributed by atoms with Crippen molar-refractivity contribution in [2.45, 2.75) is 70.1 Å². The van der Waals surface area contributed by atoms with Crippen LogP contribution in [-0.2, 0) is 19.2 Å². The maximum absolute atomic E-state index is 13.1. The van der Waals surface area contributed by atoms with Gasteiger partial charge < -0.3 is 26.0 Å². The summed E-state index contributed by atoms with van der Waals surface area (Å²) in [4.78, 5) is 51.0. The summed E-state index contributed by atoms with van der Waals surface area (Å²) in [5.41, 5.74) is 0. The van der Waals surface area contributed by atoms with E-state index in [-0.39, 0.29) is 29.5 Å². The first-order chi connectivity index (χ1) is 13.8. The van der Waals surface area contributed by atoms with Gasteiger partial charge in [0.25, 0.3) is 0 Å². The highest BCUT2D eigenvalue weighted by molar-refractivity contribution is 7.80. The van der Waals surface area contributed by atoms with Crippen LogP contribution in [0, 0.1) is 5.92 Å². The van der Waals surface area contributed by atoms with Crippen molar-refractivity contribution < 1.29 is 24.3 Å². The molecule has 2 aliphatic heterocycles. The molecule has 0 spiro atoms. The van der Waals surface area contributed by atoms with Gasteiger partial charge in [0.2, 0.25) is 17.7 Å². The van der Waals surface area contributed by atoms with Crippen molar-refractivity contribution in [2.75, 3.05) is 18.8 Å². The Morgan fingerprint density at radius 2 is 1.93 bits per heavy atom. The van der Waals surface area contributed by atoms with Crippen LogP contribution < -0.4 is 16.0 Å². The maximum Gasteiger partial charge on any atom is 0.326 e. The first-order valence-electron chi connectivity index (χ1n) is 10.3. The first-order valence-corrected chi connectivity index (χ1v) is 10.9. The quantitative estimate of drug-likeness (QED) is 0.323. The van der Waals surface area contributed by atoms with E-state index in [2.05, 4.69) is 28.6 Å². The molecule has 3 amide bonds. The second-order valence-electron chi connectivity index (χ2n) is 7.79. The fourth-order valence-electron chi connectivity index (χ4n) is 3.78. The molecule has 0 radical (unpaired) electrons. The molecule has 2 heterocycles. The predicted octanol–water partition coefficient (Wildman–Crippen LogP) is -0.240. The number of nitrogens with one attached hydrogen (secondary N) is 3. The van der Waals surface area contributed by atoms with Crippen LogP contribution in [0.3, 0.4) is 0 Å². The molecule has 0 saturated carbocycles. The van der Waals surface area contributed by atoms with E-state index < -0.39 is 30.0 Å². The average Bonchev–Trinajstić information content (AvgIpc) is 3.40. The Morgan fingerprint density at radius 1 is 1.21 bits per heavy atom. The molecule has 10 heteroatoms. The van der Waals surface area contributed by atoms with Gasteiger partial charge in [0.15, 0.2) is 0 Å². The predicted molar refractivity (Wildman–Crippen MR) is 111 cm³/mol. The summed E-state index contributed by atoms with van der Waals surface area (Å²) in [6.07, 6.45) is 3.28. The molecule has 29 heavy (non-hydrogen) atoms. The number of nitrogens with zero attached hydrogens (tertiary/aromatic N) is 1. The molecule has 0 aromatic heterocycles. The van der Waals surface area contributed by atoms with Crippen LogP contribution in [0.5, 0.6) is 0 Å². The molecular weight excluding hydrogens is 396 g/mol. The highest BCUT2D eigenvalue weighted by Crippen LogP contribution is 2.21. The highest BCUT2D eigenvalue weighted by atomic mass is 32.1. The van der Waals surface area contributed by atoms with Gasteiger partial charge in [0.1, 0.15) is 18.1 Å². The van der Waals surface area contributed by atoms with E-state index in [1.54, 1.807) is 0 Å². The Balaban J connectivity index is 2.07. The molecule has 4 N–H and O–H groups in total. The number of hydrogen-bond acceptors (Lipinski definition) is 6. The lowest BCUT2D eigenvalue weighted by molar-refractivity contribution is -0.150. The number of rotatable bonds is 9. The van der Waals surface area contributed by atoms with Crippen molar-refractivity contribution in [1.29, 1.82) is 0 Å². The number of amides is 3. The van der Waals surface area contributed by atoms with Gasteiger partial charge in [-0.25, -0.2) is 4.79 Å². The molecular formula is C19H32N4O5S. The summed E-state index contributed by atoms with van der Waals surface area (Å²) in [5.74, 6) is -2.26. The Morgan fingerprint density at radius 3 is 2.48 bits per heavy atom. The van der Waals surface area contributed by atoms with E-state index in [1.807, 2.05) is 13.8 Å². The summed E-state index contributed by atoms with van der Waals surface area (Å²) >= 11 is 4.18. The fourth-order valence-corrected chi connectivity index (χ4v) is 4.03. The molecule has 2 rings (SSSR count). The van der Waals surface area contributed by atoms with E-state index in [1.165, 1.54) is 4.90 Å². The zero-order valence-corrected chi connectivity index (χ0v) is 17.9. The van der Waals surface area contributed by atoms with Crippen LogP contribution in [0.25, 0.3) is 0 Å². The van der Waals surface area contributed by atoms with Gasteiger partial charge in [-0.2, -0.15) is 12.6 Å². The number of likely N-dealkylation sites (tertiary alicyclic amines) is 1. The van der Waals surface area contributed by atoms with Crippen LogP contribution in [-0.4, -0.2) is 76.7 Å². The van der Waals surface area contributed by atoms with Crippen LogP contribution in [0.15, 0.2) is 0 Å². The van der Waals surface area contributed by atoms with Gasteiger partial charge in [0, 0.05) is 12.3 Å². The van der Waals surface area contributed by atoms with E-state index in [4.69, 9.17) is 0 Å². The number of carbonyl (C=O) groups is 4. The van der Waals surface area contributed by atoms with Gasteiger partial charge in [-0.3, -0.25) is 14.4 Å². The minimum Gasteiger partial charge on any atom is -0.480 e. The Kier molecular flexibility index (Phi) is 8.76. The van der Waals surface area contributed by atoms with Gasteiger partial charge in [-0.05, 0) is 38.1 Å². The second-order valence-corrected chi connectivity index (χ2v) is 8.16. The van der Waals surface area contributed by atoms with Crippen molar-refractivity contribution in [1.82, 2.24) is 20.9 Å². The number of carboxylic acid groups (broad SMARTS) is 1. The van der Waals surface area contributed by atoms with Crippen molar-refractivity contribution in [3.8, 4) is 0 Å². The first kappa shape index (κ1) is 23.5. The molecule has 2 saturated heterocycles. The minimum atomic E-state index is -1.03. The molecule has 5 atom stereocenters. The molecule has 164 valence electrons. The summed E-state index contributed by atoms with van der Waals surface area (Å²) in [6, 6.07) is -2.91. The standard InChI is InChI=1S/C19H32N4O5S/c1-3-11(2)15(18(26)23-9-5-7-14(23)19(27)28)22-17(25)13(10-29)21-16(24)12-6-4-8-20-12/h11-15,20,29H,3-10H2,1-2H3,(H,21,24)(H,22,25)(H,27,28). The Bertz CT molecular complexity index is 626. The lowest BCUT2D eigenvalue weighted by Gasteiger charge is -2.31. The summed E-state index contributed by atoms with van der Waals surface area (Å²) < 4.78 is 0. The Hall–Kier alpha value is -1.81. The number of hydrogen-bond donors (Lipinski definition) is 5. The highest BCUT2D eigenvalue weighted by Gasteiger charge is 2.39. The molecule has 2 aliphatic rings. The Labute approximate surface area is 176 Å². The van der Waals surface area contributed by atoms with Crippen LogP contribution in [0.2, 0.25) is 0 Å². The van der Waals surface area contributed by atoms with Crippen molar-refractivity contribution >= 4 is 36.3 Å². The smallest absolute Gasteiger partial charge is 0.326 e. The van der Waals surface area contributed by atoms with Crippen LogP contribution in [0.1, 0.15) is 46.0 Å². The zero-order chi connectivity index (χ0) is 21.6. The third-order valence-electron chi connectivity index (χ3n) is 5.79. The minimum absolute atomic E-state index is 0.0905. The van der Waals surface area contributed by atoms with Gasteiger partial charge in [-0.1, -0.05) is 20.3 Å². The van der Waals surface area contributed by atoms with Crippen LogP contribution in [0.4, 0.5) is 0 Å². The molecule has 0 aromatic rings. The van der Waals surface area contributed by atoms with E-state index in [9.17, 15) is 24.3 Å². The fraction of sp³-hybridized carbons (Fsp3) is 0.789. The topological polar surface area (TPSA) is 128 Å². The zero-order valence-electron chi connectivity index (χ0n) is 17.0. The third-order valence-corrected chi connectivity index (χ3v) is 6.16. The molecule has 0 bridgehead atoms. The third kappa shape index (κ3) is 5.85.